The Balaban J connectivity index is 1.73. The van der Waals surface area contributed by atoms with Gasteiger partial charge in [-0.3, -0.25) is 9.59 Å². The maximum atomic E-state index is 12.5. The summed E-state index contributed by atoms with van der Waals surface area (Å²) in [4.78, 5) is 25.4. The molecule has 3 rings (SSSR count). The topological polar surface area (TPSA) is 76.0 Å². The molecule has 148 valence electrons. The van der Waals surface area contributed by atoms with Crippen LogP contribution in [0.15, 0.2) is 30.3 Å². The second kappa shape index (κ2) is 9.01. The standard InChI is InChI=1S/C21H26N4O2S/c1-4-17-16-13-18(20(27)23-12-6-11-22-19(26)5-2)28-21(16)25(24-17)15-9-7-14(3)8-10-15/h7-10,13H,4-6,11-12H2,1-3H3,(H,22,26)(H,23,27). The normalized spacial score (nSPS) is 11.0. The fraction of sp³-hybridized carbons (Fsp3) is 0.381. The number of amides is 2. The third-order valence-electron chi connectivity index (χ3n) is 4.56. The van der Waals surface area contributed by atoms with Crippen molar-refractivity contribution in [2.45, 2.75) is 40.0 Å². The van der Waals surface area contributed by atoms with Gasteiger partial charge in [-0.2, -0.15) is 5.10 Å². The Kier molecular flexibility index (Phi) is 6.46. The number of benzene rings is 1. The molecule has 2 aromatic heterocycles. The third-order valence-corrected chi connectivity index (χ3v) is 5.67. The van der Waals surface area contributed by atoms with E-state index in [1.807, 2.05) is 29.8 Å². The van der Waals surface area contributed by atoms with Gasteiger partial charge in [0.15, 0.2) is 0 Å². The fourth-order valence-electron chi connectivity index (χ4n) is 2.93. The first-order valence-electron chi connectivity index (χ1n) is 9.66. The summed E-state index contributed by atoms with van der Waals surface area (Å²) in [5, 5.41) is 11.5. The molecule has 6 nitrogen and oxygen atoms in total. The van der Waals surface area contributed by atoms with Crippen LogP contribution in [0, 0.1) is 6.92 Å². The summed E-state index contributed by atoms with van der Waals surface area (Å²) >= 11 is 1.46. The summed E-state index contributed by atoms with van der Waals surface area (Å²) in [5.74, 6) is -0.0517. The molecule has 28 heavy (non-hydrogen) atoms. The molecule has 2 heterocycles. The molecular formula is C21H26N4O2S. The molecule has 0 bridgehead atoms. The number of nitrogens with one attached hydrogen (secondary N) is 2. The molecule has 0 aliphatic heterocycles. The van der Waals surface area contributed by atoms with Crippen LogP contribution >= 0.6 is 11.3 Å². The van der Waals surface area contributed by atoms with Crippen molar-refractivity contribution >= 4 is 33.4 Å². The first-order chi connectivity index (χ1) is 13.5. The molecule has 3 aromatic rings. The second-order valence-corrected chi connectivity index (χ2v) is 7.72. The molecule has 7 heteroatoms. The van der Waals surface area contributed by atoms with Crippen molar-refractivity contribution in [3.05, 3.63) is 46.5 Å². The van der Waals surface area contributed by atoms with Gasteiger partial charge in [0, 0.05) is 24.9 Å². The summed E-state index contributed by atoms with van der Waals surface area (Å²) in [6.07, 6.45) is 2.00. The van der Waals surface area contributed by atoms with Crippen LogP contribution in [0.4, 0.5) is 0 Å². The van der Waals surface area contributed by atoms with Crippen molar-refractivity contribution in [1.29, 1.82) is 0 Å². The zero-order chi connectivity index (χ0) is 20.1. The van der Waals surface area contributed by atoms with E-state index in [0.717, 1.165) is 28.0 Å². The molecule has 1 aromatic carbocycles. The van der Waals surface area contributed by atoms with Gasteiger partial charge in [-0.25, -0.2) is 4.68 Å². The van der Waals surface area contributed by atoms with Crippen molar-refractivity contribution in [2.75, 3.05) is 13.1 Å². The van der Waals surface area contributed by atoms with Crippen molar-refractivity contribution < 1.29 is 9.59 Å². The van der Waals surface area contributed by atoms with Crippen LogP contribution in [-0.2, 0) is 11.2 Å². The lowest BCUT2D eigenvalue weighted by molar-refractivity contribution is -0.120. The molecule has 0 radical (unpaired) electrons. The zero-order valence-electron chi connectivity index (χ0n) is 16.5. The minimum atomic E-state index is -0.0828. The summed E-state index contributed by atoms with van der Waals surface area (Å²) in [6, 6.07) is 10.2. The number of nitrogens with zero attached hydrogens (tertiary/aromatic N) is 2. The molecule has 0 unspecified atom stereocenters. The number of carbonyl (C=O) groups excluding carboxylic acids is 2. The first kappa shape index (κ1) is 20.1. The Morgan fingerprint density at radius 1 is 1.11 bits per heavy atom. The molecule has 2 amide bonds. The molecule has 0 aliphatic rings. The lowest BCUT2D eigenvalue weighted by Crippen LogP contribution is -2.29. The number of rotatable bonds is 8. The highest BCUT2D eigenvalue weighted by atomic mass is 32.1. The van der Waals surface area contributed by atoms with Gasteiger partial charge in [-0.15, -0.1) is 11.3 Å². The molecule has 0 spiro atoms. The Bertz CT molecular complexity index is 972. The van der Waals surface area contributed by atoms with E-state index in [4.69, 9.17) is 5.10 Å². The van der Waals surface area contributed by atoms with Gasteiger partial charge >= 0.3 is 0 Å². The Morgan fingerprint density at radius 2 is 1.82 bits per heavy atom. The molecule has 0 saturated carbocycles. The largest absolute Gasteiger partial charge is 0.356 e. The van der Waals surface area contributed by atoms with Gasteiger partial charge in [0.1, 0.15) is 4.83 Å². The number of hydrogen-bond donors (Lipinski definition) is 2. The number of fused-ring (bicyclic) bond motifs is 1. The Morgan fingerprint density at radius 3 is 2.50 bits per heavy atom. The van der Waals surface area contributed by atoms with Gasteiger partial charge < -0.3 is 10.6 Å². The minimum absolute atomic E-state index is 0.0311. The SMILES string of the molecule is CCC(=O)NCCCNC(=O)c1cc2c(CC)nn(-c3ccc(C)cc3)c2s1. The molecule has 0 fully saturated rings. The molecular weight excluding hydrogens is 372 g/mol. The van der Waals surface area contributed by atoms with Gasteiger partial charge in [0.25, 0.3) is 5.91 Å². The predicted molar refractivity (Wildman–Crippen MR) is 113 cm³/mol. The minimum Gasteiger partial charge on any atom is -0.356 e. The summed E-state index contributed by atoms with van der Waals surface area (Å²) in [7, 11) is 0. The van der Waals surface area contributed by atoms with Crippen molar-refractivity contribution in [2.24, 2.45) is 0 Å². The average Bonchev–Trinajstić information content (AvgIpc) is 3.27. The van der Waals surface area contributed by atoms with Crippen molar-refractivity contribution in [1.82, 2.24) is 20.4 Å². The number of aryl methyl sites for hydroxylation is 2. The lowest BCUT2D eigenvalue weighted by atomic mass is 10.2. The van der Waals surface area contributed by atoms with E-state index >= 15 is 0 Å². The second-order valence-electron chi connectivity index (χ2n) is 6.69. The van der Waals surface area contributed by atoms with Crippen LogP contribution in [-0.4, -0.2) is 34.7 Å². The fourth-order valence-corrected chi connectivity index (χ4v) is 4.00. The zero-order valence-corrected chi connectivity index (χ0v) is 17.4. The van der Waals surface area contributed by atoms with Crippen molar-refractivity contribution in [3.8, 4) is 5.69 Å². The van der Waals surface area contributed by atoms with Crippen LogP contribution in [0.5, 0.6) is 0 Å². The van der Waals surface area contributed by atoms with E-state index < -0.39 is 0 Å². The van der Waals surface area contributed by atoms with Crippen LogP contribution < -0.4 is 10.6 Å². The molecule has 0 atom stereocenters. The van der Waals surface area contributed by atoms with Crippen LogP contribution in [0.1, 0.15) is 47.6 Å². The van der Waals surface area contributed by atoms with Crippen LogP contribution in [0.2, 0.25) is 0 Å². The van der Waals surface area contributed by atoms with E-state index in [0.29, 0.717) is 30.8 Å². The van der Waals surface area contributed by atoms with Crippen molar-refractivity contribution in [3.63, 3.8) is 0 Å². The number of thiophene rings is 1. The van der Waals surface area contributed by atoms with Crippen LogP contribution in [0.3, 0.4) is 0 Å². The summed E-state index contributed by atoms with van der Waals surface area (Å²) in [6.45, 7) is 7.05. The average molecular weight is 399 g/mol. The Hall–Kier alpha value is -2.67. The highest BCUT2D eigenvalue weighted by Gasteiger charge is 2.18. The van der Waals surface area contributed by atoms with Gasteiger partial charge in [0.05, 0.1) is 16.3 Å². The third kappa shape index (κ3) is 4.42. The first-order valence-corrected chi connectivity index (χ1v) is 10.5. The molecule has 0 aliphatic carbocycles. The van der Waals surface area contributed by atoms with Gasteiger partial charge in [-0.05, 0) is 38.0 Å². The molecule has 2 N–H and O–H groups in total. The lowest BCUT2D eigenvalue weighted by Gasteiger charge is -2.05. The molecule has 0 saturated heterocycles. The highest BCUT2D eigenvalue weighted by Crippen LogP contribution is 2.31. The maximum absolute atomic E-state index is 12.5. The van der Waals surface area contributed by atoms with Crippen LogP contribution in [0.25, 0.3) is 15.9 Å². The number of hydrogen-bond acceptors (Lipinski definition) is 4. The summed E-state index contributed by atoms with van der Waals surface area (Å²) < 4.78 is 1.93. The smallest absolute Gasteiger partial charge is 0.261 e. The highest BCUT2D eigenvalue weighted by molar-refractivity contribution is 7.20. The maximum Gasteiger partial charge on any atom is 0.261 e. The van der Waals surface area contributed by atoms with E-state index in [9.17, 15) is 9.59 Å². The van der Waals surface area contributed by atoms with Gasteiger partial charge in [-0.1, -0.05) is 31.5 Å². The van der Waals surface area contributed by atoms with E-state index in [1.54, 1.807) is 0 Å². The monoisotopic (exact) mass is 398 g/mol. The van der Waals surface area contributed by atoms with Gasteiger partial charge in [0.2, 0.25) is 5.91 Å². The predicted octanol–water partition coefficient (Wildman–Crippen LogP) is 3.60. The number of aromatic nitrogens is 2. The Labute approximate surface area is 168 Å². The number of carbonyl (C=O) groups is 2. The summed E-state index contributed by atoms with van der Waals surface area (Å²) in [5.41, 5.74) is 3.19. The van der Waals surface area contributed by atoms with E-state index in [2.05, 4.69) is 36.6 Å². The van der Waals surface area contributed by atoms with E-state index in [1.165, 1.54) is 16.9 Å². The van der Waals surface area contributed by atoms with E-state index in [-0.39, 0.29) is 11.8 Å². The quantitative estimate of drug-likeness (QED) is 0.569.